The third-order valence-electron chi connectivity index (χ3n) is 3.99. The zero-order valence-electron chi connectivity index (χ0n) is 14.0. The molecule has 0 saturated carbocycles. The van der Waals surface area contributed by atoms with Crippen LogP contribution in [0.2, 0.25) is 5.02 Å². The molecule has 25 heavy (non-hydrogen) atoms. The van der Waals surface area contributed by atoms with Crippen molar-refractivity contribution in [2.45, 2.75) is 18.4 Å². The van der Waals surface area contributed by atoms with Gasteiger partial charge >= 0.3 is 0 Å². The zero-order chi connectivity index (χ0) is 18.0. The molecule has 0 radical (unpaired) electrons. The molecular weight excluding hydrogens is 360 g/mol. The number of hydrogen-bond donors (Lipinski definition) is 1. The van der Waals surface area contributed by atoms with Gasteiger partial charge in [0.15, 0.2) is 0 Å². The van der Waals surface area contributed by atoms with Crippen molar-refractivity contribution in [3.8, 4) is 0 Å². The highest BCUT2D eigenvalue weighted by Gasteiger charge is 2.17. The van der Waals surface area contributed by atoms with Crippen LogP contribution in [0.3, 0.4) is 0 Å². The van der Waals surface area contributed by atoms with E-state index in [-0.39, 0.29) is 4.90 Å². The quantitative estimate of drug-likeness (QED) is 0.703. The van der Waals surface area contributed by atoms with Crippen LogP contribution in [0.5, 0.6) is 0 Å². The maximum atomic E-state index is 12.6. The lowest BCUT2D eigenvalue weighted by Crippen LogP contribution is -2.14. The Labute approximate surface area is 152 Å². The van der Waals surface area contributed by atoms with Crippen molar-refractivity contribution in [2.24, 2.45) is 0 Å². The molecule has 1 heterocycles. The molecule has 0 fully saturated rings. The summed E-state index contributed by atoms with van der Waals surface area (Å²) in [4.78, 5) is 0.217. The van der Waals surface area contributed by atoms with E-state index in [1.165, 1.54) is 6.07 Å². The first-order valence-corrected chi connectivity index (χ1v) is 9.63. The number of rotatable bonds is 6. The lowest BCUT2D eigenvalue weighted by molar-refractivity contribution is 0.188. The van der Waals surface area contributed by atoms with Crippen LogP contribution >= 0.6 is 11.6 Å². The first-order chi connectivity index (χ1) is 11.9. The third-order valence-corrected chi connectivity index (χ3v) is 5.76. The first-order valence-electron chi connectivity index (χ1n) is 7.77. The van der Waals surface area contributed by atoms with E-state index in [9.17, 15) is 8.42 Å². The predicted molar refractivity (Wildman–Crippen MR) is 101 cm³/mol. The molecule has 2 aromatic carbocycles. The van der Waals surface area contributed by atoms with Crippen LogP contribution in [0.25, 0.3) is 10.9 Å². The van der Waals surface area contributed by atoms with Gasteiger partial charge in [0.1, 0.15) is 0 Å². The molecule has 0 saturated heterocycles. The van der Waals surface area contributed by atoms with Crippen LogP contribution in [0.15, 0.2) is 53.6 Å². The van der Waals surface area contributed by atoms with Crippen LogP contribution in [-0.4, -0.2) is 26.7 Å². The number of benzene rings is 2. The Hall–Kier alpha value is -2.02. The van der Waals surface area contributed by atoms with E-state index >= 15 is 0 Å². The second-order valence-corrected chi connectivity index (χ2v) is 7.88. The van der Waals surface area contributed by atoms with Crippen LogP contribution in [0.1, 0.15) is 5.56 Å². The molecule has 0 amide bonds. The van der Waals surface area contributed by atoms with Gasteiger partial charge in [-0.25, -0.2) is 8.42 Å². The zero-order valence-corrected chi connectivity index (χ0v) is 15.6. The summed E-state index contributed by atoms with van der Waals surface area (Å²) in [5.74, 6) is 0. The highest BCUT2D eigenvalue weighted by Crippen LogP contribution is 2.25. The summed E-state index contributed by atoms with van der Waals surface area (Å²) in [7, 11) is -2.01. The summed E-state index contributed by atoms with van der Waals surface area (Å²) >= 11 is 5.90. The predicted octanol–water partition coefficient (Wildman–Crippen LogP) is 4.05. The molecule has 0 unspecified atom stereocenters. The monoisotopic (exact) mass is 378 g/mol. The Bertz CT molecular complexity index is 1010. The van der Waals surface area contributed by atoms with Crippen molar-refractivity contribution in [1.82, 2.24) is 4.57 Å². The fraction of sp³-hybridized carbons (Fsp3) is 0.222. The van der Waals surface area contributed by atoms with Gasteiger partial charge in [0.25, 0.3) is 10.0 Å². The molecular formula is C18H19ClN2O3S. The standard InChI is InChI=1S/C18H19ClN2O3S/c1-13-11-15(19)3-6-18(13)25(22,23)20-16-4-5-17-14(12-16)7-8-21(17)9-10-24-2/h3-8,11-12,20H,9-10H2,1-2H3. The molecule has 0 bridgehead atoms. The number of halogens is 1. The molecule has 0 atom stereocenters. The highest BCUT2D eigenvalue weighted by atomic mass is 35.5. The van der Waals surface area contributed by atoms with Gasteiger partial charge in [-0.2, -0.15) is 0 Å². The molecule has 7 heteroatoms. The van der Waals surface area contributed by atoms with Crippen molar-refractivity contribution in [1.29, 1.82) is 0 Å². The van der Waals surface area contributed by atoms with Gasteiger partial charge in [-0.3, -0.25) is 4.72 Å². The number of aromatic nitrogens is 1. The average Bonchev–Trinajstić information content (AvgIpc) is 2.94. The molecule has 0 aliphatic carbocycles. The van der Waals surface area contributed by atoms with Crippen LogP contribution in [0, 0.1) is 6.92 Å². The molecule has 3 rings (SSSR count). The minimum atomic E-state index is -3.67. The number of ether oxygens (including phenoxy) is 1. The molecule has 1 N–H and O–H groups in total. The van der Waals surface area contributed by atoms with Gasteiger partial charge < -0.3 is 9.30 Å². The van der Waals surface area contributed by atoms with Gasteiger partial charge in [-0.1, -0.05) is 11.6 Å². The van der Waals surface area contributed by atoms with Crippen molar-refractivity contribution in [3.63, 3.8) is 0 Å². The average molecular weight is 379 g/mol. The molecule has 0 aliphatic heterocycles. The van der Waals surface area contributed by atoms with Gasteiger partial charge in [-0.15, -0.1) is 0 Å². The number of nitrogens with one attached hydrogen (secondary N) is 1. The maximum Gasteiger partial charge on any atom is 0.262 e. The Morgan fingerprint density at radius 2 is 1.96 bits per heavy atom. The first kappa shape index (κ1) is 17.8. The molecule has 0 spiro atoms. The van der Waals surface area contributed by atoms with Crippen LogP contribution < -0.4 is 4.72 Å². The Kier molecular flexibility index (Phi) is 5.03. The van der Waals surface area contributed by atoms with Gasteiger partial charge in [0, 0.05) is 41.5 Å². The van der Waals surface area contributed by atoms with E-state index in [0.29, 0.717) is 22.9 Å². The Morgan fingerprint density at radius 1 is 1.16 bits per heavy atom. The van der Waals surface area contributed by atoms with Crippen molar-refractivity contribution < 1.29 is 13.2 Å². The number of aryl methyl sites for hydroxylation is 1. The summed E-state index contributed by atoms with van der Waals surface area (Å²) in [5.41, 5.74) is 2.15. The second-order valence-electron chi connectivity index (χ2n) is 5.79. The van der Waals surface area contributed by atoms with E-state index in [1.54, 1.807) is 32.2 Å². The molecule has 3 aromatic rings. The summed E-state index contributed by atoms with van der Waals surface area (Å²) in [6.07, 6.45) is 1.96. The van der Waals surface area contributed by atoms with E-state index in [1.807, 2.05) is 24.4 Å². The molecule has 0 aliphatic rings. The summed E-state index contributed by atoms with van der Waals surface area (Å²) in [6.45, 7) is 3.09. The molecule has 1 aromatic heterocycles. The van der Waals surface area contributed by atoms with Crippen molar-refractivity contribution in [2.75, 3.05) is 18.4 Å². The minimum Gasteiger partial charge on any atom is -0.383 e. The lowest BCUT2D eigenvalue weighted by Gasteiger charge is -2.11. The van der Waals surface area contributed by atoms with E-state index in [0.717, 1.165) is 17.4 Å². The van der Waals surface area contributed by atoms with Crippen LogP contribution in [0.4, 0.5) is 5.69 Å². The van der Waals surface area contributed by atoms with Gasteiger partial charge in [0.2, 0.25) is 0 Å². The second kappa shape index (κ2) is 7.07. The van der Waals surface area contributed by atoms with E-state index in [2.05, 4.69) is 9.29 Å². The fourth-order valence-electron chi connectivity index (χ4n) is 2.77. The number of hydrogen-bond acceptors (Lipinski definition) is 3. The van der Waals surface area contributed by atoms with E-state index in [4.69, 9.17) is 16.3 Å². The van der Waals surface area contributed by atoms with Gasteiger partial charge in [0.05, 0.1) is 11.5 Å². The third kappa shape index (κ3) is 3.81. The van der Waals surface area contributed by atoms with Gasteiger partial charge in [-0.05, 0) is 55.0 Å². The Morgan fingerprint density at radius 3 is 2.68 bits per heavy atom. The number of methoxy groups -OCH3 is 1. The number of nitrogens with zero attached hydrogens (tertiary/aromatic N) is 1. The van der Waals surface area contributed by atoms with Crippen molar-refractivity contribution >= 4 is 38.2 Å². The molecule has 132 valence electrons. The number of sulfonamides is 1. The normalized spacial score (nSPS) is 11.8. The number of fused-ring (bicyclic) bond motifs is 1. The lowest BCUT2D eigenvalue weighted by atomic mass is 10.2. The molecule has 5 nitrogen and oxygen atoms in total. The SMILES string of the molecule is COCCn1ccc2cc(NS(=O)(=O)c3ccc(Cl)cc3C)ccc21. The smallest absolute Gasteiger partial charge is 0.262 e. The summed E-state index contributed by atoms with van der Waals surface area (Å²) in [6, 6.07) is 12.2. The highest BCUT2D eigenvalue weighted by molar-refractivity contribution is 7.92. The Balaban J connectivity index is 1.89. The number of anilines is 1. The minimum absolute atomic E-state index is 0.217. The summed E-state index contributed by atoms with van der Waals surface area (Å²) in [5, 5.41) is 1.47. The largest absolute Gasteiger partial charge is 0.383 e. The topological polar surface area (TPSA) is 60.3 Å². The van der Waals surface area contributed by atoms with Crippen molar-refractivity contribution in [3.05, 3.63) is 59.2 Å². The maximum absolute atomic E-state index is 12.6. The summed E-state index contributed by atoms with van der Waals surface area (Å²) < 4.78 is 35.1. The fourth-order valence-corrected chi connectivity index (χ4v) is 4.28. The van der Waals surface area contributed by atoms with E-state index < -0.39 is 10.0 Å². The van der Waals surface area contributed by atoms with Crippen LogP contribution in [-0.2, 0) is 21.3 Å².